The van der Waals surface area contributed by atoms with Crippen LogP contribution in [0.3, 0.4) is 0 Å². The summed E-state index contributed by atoms with van der Waals surface area (Å²) in [7, 11) is 1.35. The van der Waals surface area contributed by atoms with Crippen molar-refractivity contribution in [3.05, 3.63) is 0 Å². The zero-order valence-electron chi connectivity index (χ0n) is 12.4. The van der Waals surface area contributed by atoms with Crippen molar-refractivity contribution in [1.82, 2.24) is 0 Å². The standard InChI is InChI=1S/C14H26O3S/c1-7-14(8-2,13(16)17-6)12(15)9-18-11(5)10(3)4/h10-11H,7-9H2,1-6H3. The third-order valence-electron chi connectivity index (χ3n) is 3.73. The molecule has 0 fully saturated rings. The lowest BCUT2D eigenvalue weighted by Crippen LogP contribution is -2.40. The average molecular weight is 274 g/mol. The molecule has 0 saturated carbocycles. The molecule has 0 amide bonds. The van der Waals surface area contributed by atoms with Gasteiger partial charge >= 0.3 is 5.97 Å². The van der Waals surface area contributed by atoms with Gasteiger partial charge < -0.3 is 4.74 Å². The zero-order chi connectivity index (χ0) is 14.3. The normalized spacial score (nSPS) is 13.5. The molecule has 1 unspecified atom stereocenters. The Bertz CT molecular complexity index is 283. The number of hydrogen-bond acceptors (Lipinski definition) is 4. The van der Waals surface area contributed by atoms with Crippen molar-refractivity contribution in [2.45, 2.75) is 52.7 Å². The molecule has 0 bridgehead atoms. The first kappa shape index (κ1) is 17.5. The van der Waals surface area contributed by atoms with E-state index in [0.717, 1.165) is 0 Å². The predicted octanol–water partition coefficient (Wildman–Crippen LogP) is 3.31. The highest BCUT2D eigenvalue weighted by molar-refractivity contribution is 8.00. The van der Waals surface area contributed by atoms with Crippen LogP contribution in [0.2, 0.25) is 0 Å². The van der Waals surface area contributed by atoms with Gasteiger partial charge in [0.15, 0.2) is 5.78 Å². The Morgan fingerprint density at radius 2 is 1.67 bits per heavy atom. The summed E-state index contributed by atoms with van der Waals surface area (Å²) in [6.07, 6.45) is 1.01. The van der Waals surface area contributed by atoms with E-state index in [-0.39, 0.29) is 5.78 Å². The van der Waals surface area contributed by atoms with Gasteiger partial charge in [0.05, 0.1) is 12.9 Å². The number of rotatable bonds is 8. The molecule has 106 valence electrons. The molecule has 0 aromatic rings. The first-order valence-electron chi connectivity index (χ1n) is 6.59. The number of esters is 1. The van der Waals surface area contributed by atoms with Crippen molar-refractivity contribution in [3.63, 3.8) is 0 Å². The first-order valence-corrected chi connectivity index (χ1v) is 7.63. The second kappa shape index (κ2) is 7.82. The van der Waals surface area contributed by atoms with Gasteiger partial charge in [-0.2, -0.15) is 11.8 Å². The smallest absolute Gasteiger partial charge is 0.319 e. The van der Waals surface area contributed by atoms with E-state index in [0.29, 0.717) is 29.8 Å². The molecule has 0 heterocycles. The first-order chi connectivity index (χ1) is 8.35. The van der Waals surface area contributed by atoms with Gasteiger partial charge in [-0.25, -0.2) is 0 Å². The number of methoxy groups -OCH3 is 1. The van der Waals surface area contributed by atoms with Crippen molar-refractivity contribution in [2.75, 3.05) is 12.9 Å². The summed E-state index contributed by atoms with van der Waals surface area (Å²) in [6, 6.07) is 0. The van der Waals surface area contributed by atoms with Crippen molar-refractivity contribution in [2.24, 2.45) is 11.3 Å². The van der Waals surface area contributed by atoms with E-state index in [4.69, 9.17) is 4.74 Å². The topological polar surface area (TPSA) is 43.4 Å². The maximum absolute atomic E-state index is 12.3. The maximum atomic E-state index is 12.3. The van der Waals surface area contributed by atoms with Crippen LogP contribution in [0.1, 0.15) is 47.5 Å². The minimum Gasteiger partial charge on any atom is -0.468 e. The van der Waals surface area contributed by atoms with Crippen LogP contribution >= 0.6 is 11.8 Å². The van der Waals surface area contributed by atoms with E-state index in [1.165, 1.54) is 7.11 Å². The van der Waals surface area contributed by atoms with Gasteiger partial charge in [-0.1, -0.05) is 34.6 Å². The molecule has 0 aromatic heterocycles. The number of hydrogen-bond donors (Lipinski definition) is 0. The molecule has 0 rings (SSSR count). The van der Waals surface area contributed by atoms with Crippen molar-refractivity contribution >= 4 is 23.5 Å². The lowest BCUT2D eigenvalue weighted by atomic mass is 9.79. The molecule has 0 N–H and O–H groups in total. The Labute approximate surface area is 115 Å². The van der Waals surface area contributed by atoms with Gasteiger partial charge in [0.1, 0.15) is 5.41 Å². The third kappa shape index (κ3) is 4.01. The van der Waals surface area contributed by atoms with Gasteiger partial charge in [-0.3, -0.25) is 9.59 Å². The number of carbonyl (C=O) groups excluding carboxylic acids is 2. The molecule has 3 nitrogen and oxygen atoms in total. The fraction of sp³-hybridized carbons (Fsp3) is 0.857. The van der Waals surface area contributed by atoms with Gasteiger partial charge in [0, 0.05) is 5.25 Å². The second-order valence-electron chi connectivity index (χ2n) is 4.96. The van der Waals surface area contributed by atoms with Crippen LogP contribution in [0, 0.1) is 11.3 Å². The molecule has 4 heteroatoms. The summed E-state index contributed by atoms with van der Waals surface area (Å²) in [6.45, 7) is 10.1. The monoisotopic (exact) mass is 274 g/mol. The summed E-state index contributed by atoms with van der Waals surface area (Å²) in [4.78, 5) is 24.2. The van der Waals surface area contributed by atoms with Crippen LogP contribution < -0.4 is 0 Å². The third-order valence-corrected chi connectivity index (χ3v) is 5.23. The fourth-order valence-corrected chi connectivity index (χ4v) is 2.86. The zero-order valence-corrected chi connectivity index (χ0v) is 13.2. The minimum atomic E-state index is -0.946. The predicted molar refractivity (Wildman–Crippen MR) is 76.8 cm³/mol. The van der Waals surface area contributed by atoms with E-state index < -0.39 is 11.4 Å². The van der Waals surface area contributed by atoms with Crippen LogP contribution in [0.15, 0.2) is 0 Å². The number of carbonyl (C=O) groups is 2. The van der Waals surface area contributed by atoms with E-state index >= 15 is 0 Å². The number of ether oxygens (including phenoxy) is 1. The van der Waals surface area contributed by atoms with Gasteiger partial charge in [0.25, 0.3) is 0 Å². The molecule has 18 heavy (non-hydrogen) atoms. The molecule has 0 radical (unpaired) electrons. The van der Waals surface area contributed by atoms with Gasteiger partial charge in [0.2, 0.25) is 0 Å². The SMILES string of the molecule is CCC(CC)(C(=O)CSC(C)C(C)C)C(=O)OC. The van der Waals surface area contributed by atoms with Crippen LogP contribution in [-0.4, -0.2) is 29.9 Å². The highest BCUT2D eigenvalue weighted by Gasteiger charge is 2.43. The number of Topliss-reactive ketones (excluding diaryl/α,β-unsaturated/α-hetero) is 1. The molecule has 0 saturated heterocycles. The van der Waals surface area contributed by atoms with Gasteiger partial charge in [-0.15, -0.1) is 0 Å². The van der Waals surface area contributed by atoms with Crippen LogP contribution in [0.5, 0.6) is 0 Å². The van der Waals surface area contributed by atoms with Crippen LogP contribution in [0.4, 0.5) is 0 Å². The van der Waals surface area contributed by atoms with Crippen LogP contribution in [-0.2, 0) is 14.3 Å². The highest BCUT2D eigenvalue weighted by atomic mass is 32.2. The van der Waals surface area contributed by atoms with Crippen molar-refractivity contribution in [3.8, 4) is 0 Å². The van der Waals surface area contributed by atoms with Crippen molar-refractivity contribution < 1.29 is 14.3 Å². The molecule has 0 aliphatic heterocycles. The molecule has 0 aliphatic rings. The molecule has 0 spiro atoms. The molecule has 1 atom stereocenters. The van der Waals surface area contributed by atoms with E-state index in [9.17, 15) is 9.59 Å². The second-order valence-corrected chi connectivity index (χ2v) is 6.33. The summed E-state index contributed by atoms with van der Waals surface area (Å²) < 4.78 is 4.80. The van der Waals surface area contributed by atoms with Crippen LogP contribution in [0.25, 0.3) is 0 Å². The lowest BCUT2D eigenvalue weighted by Gasteiger charge is -2.27. The Morgan fingerprint density at radius 1 is 1.17 bits per heavy atom. The van der Waals surface area contributed by atoms with Crippen molar-refractivity contribution in [1.29, 1.82) is 0 Å². The maximum Gasteiger partial charge on any atom is 0.319 e. The van der Waals surface area contributed by atoms with E-state index in [1.807, 2.05) is 13.8 Å². The summed E-state index contributed by atoms with van der Waals surface area (Å²) in [5, 5.41) is 0.415. The number of thioether (sulfide) groups is 1. The summed E-state index contributed by atoms with van der Waals surface area (Å²) in [5.41, 5.74) is -0.946. The average Bonchev–Trinajstić information content (AvgIpc) is 2.37. The van der Waals surface area contributed by atoms with E-state index in [2.05, 4.69) is 20.8 Å². The molecule has 0 aliphatic carbocycles. The Morgan fingerprint density at radius 3 is 2.00 bits per heavy atom. The molecular weight excluding hydrogens is 248 g/mol. The number of ketones is 1. The Balaban J connectivity index is 4.74. The fourth-order valence-electron chi connectivity index (χ4n) is 1.78. The largest absolute Gasteiger partial charge is 0.468 e. The molecule has 0 aromatic carbocycles. The Kier molecular flexibility index (Phi) is 7.60. The Hall–Kier alpha value is -0.510. The lowest BCUT2D eigenvalue weighted by molar-refractivity contribution is -0.157. The minimum absolute atomic E-state index is 0.00292. The van der Waals surface area contributed by atoms with Gasteiger partial charge in [-0.05, 0) is 18.8 Å². The highest BCUT2D eigenvalue weighted by Crippen LogP contribution is 2.32. The molecular formula is C14H26O3S. The summed E-state index contributed by atoms with van der Waals surface area (Å²) >= 11 is 1.62. The quantitative estimate of drug-likeness (QED) is 0.503. The van der Waals surface area contributed by atoms with E-state index in [1.54, 1.807) is 11.8 Å². The summed E-state index contributed by atoms with van der Waals surface area (Å²) in [5.74, 6) is 0.515.